The molecule has 2 rings (SSSR count). The zero-order chi connectivity index (χ0) is 27.9. The second-order valence-electron chi connectivity index (χ2n) is 7.48. The average molecular weight is 545 g/mol. The number of hydrogen-bond acceptors (Lipinski definition) is 5. The quantitative estimate of drug-likeness (QED) is 0.351. The molecular weight excluding hydrogens is 530 g/mol. The van der Waals surface area contributed by atoms with E-state index >= 15 is 0 Å². The van der Waals surface area contributed by atoms with Crippen LogP contribution in [0, 0.1) is 17.2 Å². The topological polar surface area (TPSA) is 68.8 Å². The van der Waals surface area contributed by atoms with Gasteiger partial charge in [-0.3, -0.25) is 0 Å². The van der Waals surface area contributed by atoms with Gasteiger partial charge in [-0.25, -0.2) is 5.01 Å². The van der Waals surface area contributed by atoms with E-state index in [0.717, 1.165) is 0 Å². The highest BCUT2D eigenvalue weighted by molar-refractivity contribution is 5.96. The third-order valence-corrected chi connectivity index (χ3v) is 4.95. The van der Waals surface area contributed by atoms with Crippen molar-refractivity contribution in [2.75, 3.05) is 11.6 Å². The van der Waals surface area contributed by atoms with Gasteiger partial charge in [0.15, 0.2) is 18.0 Å². The Kier molecular flexibility index (Phi) is 8.16. The lowest BCUT2D eigenvalue weighted by Gasteiger charge is -2.31. The summed E-state index contributed by atoms with van der Waals surface area (Å²) in [6.45, 7) is 0.796. The molecule has 1 aliphatic heterocycles. The van der Waals surface area contributed by atoms with Gasteiger partial charge in [0, 0.05) is 6.61 Å². The maximum atomic E-state index is 13.6. The fourth-order valence-corrected chi connectivity index (χ4v) is 3.37. The van der Waals surface area contributed by atoms with E-state index in [0.29, 0.717) is 6.07 Å². The molecule has 3 unspecified atom stereocenters. The highest BCUT2D eigenvalue weighted by Gasteiger charge is 2.60. The molecule has 0 fully saturated rings. The average Bonchev–Trinajstić information content (AvgIpc) is 3.05. The molecule has 0 bridgehead atoms. The minimum Gasteiger partial charge on any atom is -0.371 e. The van der Waals surface area contributed by atoms with Crippen molar-refractivity contribution in [1.82, 2.24) is 0 Å². The molecule has 17 heteroatoms. The lowest BCUT2D eigenvalue weighted by molar-refractivity contribution is -0.237. The summed E-state index contributed by atoms with van der Waals surface area (Å²) in [7, 11) is 0. The Hall–Kier alpha value is -2.74. The molecule has 0 saturated heterocycles. The number of alkyl halides is 12. The number of hydrazone groups is 1. The summed E-state index contributed by atoms with van der Waals surface area (Å²) in [6.07, 6.45) is -28.7. The van der Waals surface area contributed by atoms with Crippen LogP contribution in [0.4, 0.5) is 58.4 Å². The van der Waals surface area contributed by atoms with Crippen molar-refractivity contribution in [3.05, 3.63) is 28.8 Å². The Morgan fingerprint density at radius 1 is 0.972 bits per heavy atom. The second kappa shape index (κ2) is 9.96. The van der Waals surface area contributed by atoms with Crippen LogP contribution in [0.3, 0.4) is 0 Å². The van der Waals surface area contributed by atoms with Crippen LogP contribution in [0.25, 0.3) is 0 Å². The summed E-state index contributed by atoms with van der Waals surface area (Å²) in [6, 6.07) is 0.260. The van der Waals surface area contributed by atoms with Gasteiger partial charge in [0.05, 0.1) is 28.3 Å². The molecule has 0 aliphatic carbocycles. The fourth-order valence-electron chi connectivity index (χ4n) is 3.37. The van der Waals surface area contributed by atoms with Crippen molar-refractivity contribution < 1.29 is 62.5 Å². The highest BCUT2D eigenvalue weighted by atomic mass is 19.4. The van der Waals surface area contributed by atoms with Crippen LogP contribution < -0.4 is 5.01 Å². The molecule has 36 heavy (non-hydrogen) atoms. The number of ether oxygens (including phenoxy) is 1. The first-order valence-corrected chi connectivity index (χ1v) is 9.79. The number of hydrogen-bond donors (Lipinski definition) is 1. The van der Waals surface area contributed by atoms with Crippen molar-refractivity contribution >= 4 is 11.4 Å². The van der Waals surface area contributed by atoms with Crippen molar-refractivity contribution in [3.8, 4) is 6.07 Å². The van der Waals surface area contributed by atoms with E-state index < -0.39 is 82.7 Å². The van der Waals surface area contributed by atoms with Crippen molar-refractivity contribution in [3.63, 3.8) is 0 Å². The number of benzene rings is 1. The third kappa shape index (κ3) is 6.14. The molecule has 0 saturated carbocycles. The molecule has 0 aromatic heterocycles. The van der Waals surface area contributed by atoms with Gasteiger partial charge in [0.1, 0.15) is 6.07 Å². The highest BCUT2D eigenvalue weighted by Crippen LogP contribution is 2.45. The van der Waals surface area contributed by atoms with E-state index in [9.17, 15) is 57.8 Å². The molecule has 1 aromatic carbocycles. The molecule has 1 aliphatic rings. The SMILES string of the molecule is CCCCOC(C1C(C(F)(F)F)=NN(c2cc(C(F)(F)F)c(C#N)c(C(F)(F)F)c2)C1O)C(F)(F)F. The Labute approximate surface area is 194 Å². The summed E-state index contributed by atoms with van der Waals surface area (Å²) in [5.74, 6) is -3.08. The lowest BCUT2D eigenvalue weighted by atomic mass is 9.93. The molecule has 1 heterocycles. The molecule has 1 aromatic rings. The Balaban J connectivity index is 2.76. The van der Waals surface area contributed by atoms with Crippen LogP contribution in [0.1, 0.15) is 36.5 Å². The Bertz CT molecular complexity index is 986. The van der Waals surface area contributed by atoms with E-state index in [1.807, 2.05) is 0 Å². The summed E-state index contributed by atoms with van der Waals surface area (Å²) >= 11 is 0. The minimum atomic E-state index is -5.69. The van der Waals surface area contributed by atoms with Gasteiger partial charge in [-0.15, -0.1) is 0 Å². The fraction of sp³-hybridized carbons (Fsp3) is 0.579. The number of aliphatic hydroxyl groups is 1. The predicted octanol–water partition coefficient (Wildman–Crippen LogP) is 6.02. The summed E-state index contributed by atoms with van der Waals surface area (Å²) < 4.78 is 166. The van der Waals surface area contributed by atoms with E-state index in [4.69, 9.17) is 5.26 Å². The molecule has 202 valence electrons. The first-order chi connectivity index (χ1) is 16.2. The van der Waals surface area contributed by atoms with E-state index in [-0.39, 0.29) is 25.0 Å². The van der Waals surface area contributed by atoms with Crippen molar-refractivity contribution in [1.29, 1.82) is 5.26 Å². The zero-order valence-corrected chi connectivity index (χ0v) is 17.7. The number of anilines is 1. The van der Waals surface area contributed by atoms with Gasteiger partial charge in [-0.1, -0.05) is 13.3 Å². The summed E-state index contributed by atoms with van der Waals surface area (Å²) in [5, 5.41) is 21.5. The van der Waals surface area contributed by atoms with Crippen LogP contribution >= 0.6 is 0 Å². The molecule has 0 spiro atoms. The molecule has 0 amide bonds. The number of unbranched alkanes of at least 4 members (excludes halogenated alkanes) is 1. The van der Waals surface area contributed by atoms with E-state index in [1.165, 1.54) is 6.92 Å². The normalized spacial score (nSPS) is 20.4. The minimum absolute atomic E-state index is 0.0445. The van der Waals surface area contributed by atoms with Gasteiger partial charge >= 0.3 is 24.7 Å². The largest absolute Gasteiger partial charge is 0.431 e. The maximum absolute atomic E-state index is 13.6. The number of aliphatic hydroxyl groups excluding tert-OH is 1. The van der Waals surface area contributed by atoms with Crippen LogP contribution in [-0.4, -0.2) is 42.1 Å². The van der Waals surface area contributed by atoms with Crippen LogP contribution in [0.15, 0.2) is 17.2 Å². The number of nitrogens with zero attached hydrogens (tertiary/aromatic N) is 3. The zero-order valence-electron chi connectivity index (χ0n) is 17.7. The first-order valence-electron chi connectivity index (χ1n) is 9.79. The standard InChI is InChI=1S/C19H15F12N3O2/c1-2-3-4-36-14(19(29,30)31)12-13(18(26,27)28)33-34(15(12)35)8-5-10(16(20,21)22)9(7-32)11(6-8)17(23,24)25/h5-6,12,14-15,35H,2-4H2,1H3. The van der Waals surface area contributed by atoms with Crippen LogP contribution in [-0.2, 0) is 17.1 Å². The Morgan fingerprint density at radius 2 is 1.47 bits per heavy atom. The summed E-state index contributed by atoms with van der Waals surface area (Å²) in [4.78, 5) is 0. The molecule has 3 atom stereocenters. The lowest BCUT2D eigenvalue weighted by Crippen LogP contribution is -2.51. The van der Waals surface area contributed by atoms with E-state index in [2.05, 4.69) is 9.84 Å². The Morgan fingerprint density at radius 3 is 1.83 bits per heavy atom. The van der Waals surface area contributed by atoms with E-state index in [1.54, 1.807) is 0 Å². The smallest absolute Gasteiger partial charge is 0.371 e. The first kappa shape index (κ1) is 29.5. The van der Waals surface area contributed by atoms with Gasteiger partial charge in [-0.05, 0) is 18.6 Å². The number of nitriles is 1. The van der Waals surface area contributed by atoms with Crippen LogP contribution in [0.2, 0.25) is 0 Å². The molecule has 5 nitrogen and oxygen atoms in total. The number of rotatable bonds is 6. The number of halogens is 12. The van der Waals surface area contributed by atoms with Crippen molar-refractivity contribution in [2.45, 2.75) is 56.8 Å². The monoisotopic (exact) mass is 545 g/mol. The van der Waals surface area contributed by atoms with Crippen molar-refractivity contribution in [2.24, 2.45) is 11.0 Å². The van der Waals surface area contributed by atoms with Crippen LogP contribution in [0.5, 0.6) is 0 Å². The molecule has 1 N–H and O–H groups in total. The maximum Gasteiger partial charge on any atom is 0.431 e. The third-order valence-electron chi connectivity index (χ3n) is 4.95. The van der Waals surface area contributed by atoms with Gasteiger partial charge in [0.2, 0.25) is 0 Å². The summed E-state index contributed by atoms with van der Waals surface area (Å²) in [5.41, 5.74) is -10.2. The molecule has 0 radical (unpaired) electrons. The van der Waals surface area contributed by atoms with Gasteiger partial charge in [0.25, 0.3) is 0 Å². The second-order valence-corrected chi connectivity index (χ2v) is 7.48. The van der Waals surface area contributed by atoms with Gasteiger partial charge in [-0.2, -0.15) is 63.0 Å². The molecular formula is C19H15F12N3O2. The van der Waals surface area contributed by atoms with Gasteiger partial charge < -0.3 is 9.84 Å². The predicted molar refractivity (Wildman–Crippen MR) is 97.3 cm³/mol.